The molecule has 13 nitrogen and oxygen atoms in total. The number of aliphatic carboxylic acids is 2. The molecule has 0 aliphatic rings. The molecular weight excluding hydrogens is 793 g/mol. The smallest absolute Gasteiger partial charge is 0.325 e. The fraction of sp³-hybridized carbons (Fsp3) is 0.673. The molecule has 0 spiro atoms. The van der Waals surface area contributed by atoms with Gasteiger partial charge >= 0.3 is 23.9 Å². The highest BCUT2D eigenvalue weighted by molar-refractivity contribution is 5.82. The van der Waals surface area contributed by atoms with Gasteiger partial charge < -0.3 is 43.7 Å². The fourth-order valence-corrected chi connectivity index (χ4v) is 7.13. The summed E-state index contributed by atoms with van der Waals surface area (Å²) in [4.78, 5) is 51.8. The highest BCUT2D eigenvalue weighted by atomic mass is 16.6. The van der Waals surface area contributed by atoms with Gasteiger partial charge in [0, 0.05) is 6.61 Å². The minimum atomic E-state index is -1.13. The number of carbonyl (C=O) groups excluding carboxylic acids is 2. The lowest BCUT2D eigenvalue weighted by atomic mass is 10.0. The average Bonchev–Trinajstić information content (AvgIpc) is 3.25. The number of carboxylic acid groups (broad SMARTS) is 2. The van der Waals surface area contributed by atoms with Crippen molar-refractivity contribution in [3.05, 3.63) is 48.5 Å². The third kappa shape index (κ3) is 26.7. The molecule has 13 heteroatoms. The Balaban J connectivity index is 1.73. The highest BCUT2D eigenvalue weighted by Gasteiger charge is 2.21. The first kappa shape index (κ1) is 53.6. The molecule has 0 amide bonds. The fourth-order valence-electron chi connectivity index (χ4n) is 7.13. The summed E-state index contributed by atoms with van der Waals surface area (Å²) in [6, 6.07) is 13.6. The van der Waals surface area contributed by atoms with Gasteiger partial charge in [0.05, 0.1) is 24.6 Å². The van der Waals surface area contributed by atoms with Gasteiger partial charge in [0.15, 0.2) is 0 Å². The second kappa shape index (κ2) is 36.0. The van der Waals surface area contributed by atoms with Crippen molar-refractivity contribution in [2.45, 2.75) is 149 Å². The predicted molar refractivity (Wildman–Crippen MR) is 245 cm³/mol. The number of unbranched alkanes of at least 4 members (excludes halogenated alkanes) is 19. The number of carbonyl (C=O) groups is 4. The first-order chi connectivity index (χ1) is 30.2. The third-order valence-corrected chi connectivity index (χ3v) is 10.4. The Bertz CT molecular complexity index is 1490. The molecule has 0 radical (unpaired) electrons. The topological polar surface area (TPSA) is 161 Å². The van der Waals surface area contributed by atoms with Crippen molar-refractivity contribution in [3.63, 3.8) is 0 Å². The summed E-state index contributed by atoms with van der Waals surface area (Å²) in [5.74, 6) is -2.67. The van der Waals surface area contributed by atoms with Gasteiger partial charge in [0.1, 0.15) is 57.5 Å². The average molecular weight is 871 g/mol. The molecule has 2 aromatic rings. The van der Waals surface area contributed by atoms with Gasteiger partial charge in [-0.1, -0.05) is 160 Å². The van der Waals surface area contributed by atoms with E-state index in [0.717, 1.165) is 44.9 Å². The molecule has 2 aromatic carbocycles. The lowest BCUT2D eigenvalue weighted by molar-refractivity contribution is -0.144. The van der Waals surface area contributed by atoms with Crippen LogP contribution >= 0.6 is 0 Å². The van der Waals surface area contributed by atoms with Crippen LogP contribution in [0.2, 0.25) is 0 Å². The lowest BCUT2D eigenvalue weighted by Crippen LogP contribution is -2.36. The maximum absolute atomic E-state index is 12.8. The molecule has 350 valence electrons. The molecule has 0 atom stereocenters. The van der Waals surface area contributed by atoms with E-state index in [2.05, 4.69) is 13.8 Å². The number of nitrogens with zero attached hydrogens (tertiary/aromatic N) is 2. The number of carboxylic acids is 2. The minimum absolute atomic E-state index is 0.0342. The molecule has 0 fully saturated rings. The first-order valence-electron chi connectivity index (χ1n) is 23.5. The second-order valence-electron chi connectivity index (χ2n) is 15.9. The summed E-state index contributed by atoms with van der Waals surface area (Å²) < 4.78 is 28.4. The van der Waals surface area contributed by atoms with E-state index < -0.39 is 37.0 Å². The SMILES string of the molecule is CCCCCCCCCCCCCCCCCCOCCOC(=O)CN(CC(=O)O)c1ccccc1OCCOc1ccccc1N(CC(=O)O)CC(=O)OCCCCCCC. The third-order valence-electron chi connectivity index (χ3n) is 10.4. The maximum Gasteiger partial charge on any atom is 0.325 e. The second-order valence-corrected chi connectivity index (χ2v) is 15.9. The zero-order valence-corrected chi connectivity index (χ0v) is 38.0. The van der Waals surface area contributed by atoms with Crippen LogP contribution in [-0.2, 0) is 33.4 Å². The van der Waals surface area contributed by atoms with Gasteiger partial charge in [-0.05, 0) is 37.1 Å². The predicted octanol–water partition coefficient (Wildman–Crippen LogP) is 10.3. The number of anilines is 2. The van der Waals surface area contributed by atoms with Crippen LogP contribution in [-0.4, -0.2) is 99.9 Å². The van der Waals surface area contributed by atoms with Crippen LogP contribution in [0.4, 0.5) is 11.4 Å². The summed E-state index contributed by atoms with van der Waals surface area (Å²) >= 11 is 0. The van der Waals surface area contributed by atoms with Crippen LogP contribution in [0.15, 0.2) is 48.5 Å². The monoisotopic (exact) mass is 871 g/mol. The van der Waals surface area contributed by atoms with Crippen molar-refractivity contribution in [3.8, 4) is 11.5 Å². The van der Waals surface area contributed by atoms with Crippen LogP contribution in [0.5, 0.6) is 11.5 Å². The molecule has 0 aliphatic heterocycles. The van der Waals surface area contributed by atoms with E-state index in [1.165, 1.54) is 99.7 Å². The Hall–Kier alpha value is -4.52. The zero-order valence-electron chi connectivity index (χ0n) is 38.0. The maximum atomic E-state index is 12.8. The van der Waals surface area contributed by atoms with Gasteiger partial charge in [-0.15, -0.1) is 0 Å². The van der Waals surface area contributed by atoms with Crippen molar-refractivity contribution in [2.24, 2.45) is 0 Å². The van der Waals surface area contributed by atoms with Crippen molar-refractivity contribution in [2.75, 3.05) is 75.6 Å². The summed E-state index contributed by atoms with van der Waals surface area (Å²) in [7, 11) is 0. The molecular formula is C49H78N2O11. The number of hydrogen-bond acceptors (Lipinski definition) is 11. The Kier molecular flexibility index (Phi) is 31.1. The van der Waals surface area contributed by atoms with Crippen molar-refractivity contribution in [1.29, 1.82) is 0 Å². The lowest BCUT2D eigenvalue weighted by Gasteiger charge is -2.25. The van der Waals surface area contributed by atoms with E-state index in [4.69, 9.17) is 23.7 Å². The van der Waals surface area contributed by atoms with E-state index in [1.54, 1.807) is 48.5 Å². The van der Waals surface area contributed by atoms with Crippen LogP contribution in [0.1, 0.15) is 149 Å². The number of esters is 2. The van der Waals surface area contributed by atoms with E-state index in [1.807, 2.05) is 0 Å². The molecule has 0 aromatic heterocycles. The van der Waals surface area contributed by atoms with Crippen molar-refractivity contribution < 1.29 is 53.1 Å². The molecule has 0 heterocycles. The van der Waals surface area contributed by atoms with E-state index in [-0.39, 0.29) is 46.1 Å². The van der Waals surface area contributed by atoms with Crippen LogP contribution in [0.3, 0.4) is 0 Å². The molecule has 2 rings (SSSR count). The molecule has 2 N–H and O–H groups in total. The molecule has 0 bridgehead atoms. The number of rotatable bonds is 41. The van der Waals surface area contributed by atoms with E-state index in [9.17, 15) is 29.4 Å². The Morgan fingerprint density at radius 2 is 0.774 bits per heavy atom. The molecule has 0 saturated heterocycles. The number of benzene rings is 2. The minimum Gasteiger partial charge on any atom is -0.488 e. The quantitative estimate of drug-likeness (QED) is 0.0480. The largest absolute Gasteiger partial charge is 0.488 e. The summed E-state index contributed by atoms with van der Waals surface area (Å²) in [6.45, 7) is 4.21. The first-order valence-corrected chi connectivity index (χ1v) is 23.5. The van der Waals surface area contributed by atoms with Crippen LogP contribution in [0, 0.1) is 0 Å². The van der Waals surface area contributed by atoms with Gasteiger partial charge in [-0.25, -0.2) is 0 Å². The van der Waals surface area contributed by atoms with E-state index in [0.29, 0.717) is 29.5 Å². The van der Waals surface area contributed by atoms with Crippen molar-refractivity contribution in [1.82, 2.24) is 0 Å². The van der Waals surface area contributed by atoms with Gasteiger partial charge in [0.25, 0.3) is 0 Å². The number of ether oxygens (including phenoxy) is 5. The summed E-state index contributed by atoms with van der Waals surface area (Å²) in [6.07, 6.45) is 26.0. The van der Waals surface area contributed by atoms with Gasteiger partial charge in [-0.2, -0.15) is 0 Å². The van der Waals surface area contributed by atoms with Gasteiger partial charge in [-0.3, -0.25) is 19.2 Å². The number of para-hydroxylation sites is 4. The van der Waals surface area contributed by atoms with Crippen LogP contribution in [0.25, 0.3) is 0 Å². The Labute approximate surface area is 371 Å². The normalized spacial score (nSPS) is 10.9. The Morgan fingerprint density at radius 3 is 1.18 bits per heavy atom. The van der Waals surface area contributed by atoms with E-state index >= 15 is 0 Å². The Morgan fingerprint density at radius 1 is 0.419 bits per heavy atom. The molecule has 0 unspecified atom stereocenters. The molecule has 0 saturated carbocycles. The molecule has 0 aliphatic carbocycles. The molecule has 62 heavy (non-hydrogen) atoms. The number of hydrogen-bond donors (Lipinski definition) is 2. The zero-order chi connectivity index (χ0) is 44.9. The summed E-state index contributed by atoms with van der Waals surface area (Å²) in [5, 5.41) is 19.2. The van der Waals surface area contributed by atoms with Crippen LogP contribution < -0.4 is 19.3 Å². The standard InChI is InChI=1S/C49H78N2O11/c1-3-5-7-9-10-11-12-13-14-15-16-17-18-19-21-26-32-58-34-35-62-49(57)41-51(39-47(54)55)43-29-23-25-31-45(43)60-37-36-59-44-30-24-22-28-42(44)50(38-46(52)53)40-48(56)61-33-27-20-8-6-4-2/h22-25,28-31H,3-21,26-27,32-41H2,1-2H3,(H,52,53)(H,54,55). The highest BCUT2D eigenvalue weighted by Crippen LogP contribution is 2.30. The summed E-state index contributed by atoms with van der Waals surface area (Å²) in [5.41, 5.74) is 0.801. The van der Waals surface area contributed by atoms with Crippen molar-refractivity contribution >= 4 is 35.3 Å². The van der Waals surface area contributed by atoms with Gasteiger partial charge in [0.2, 0.25) is 0 Å².